The lowest BCUT2D eigenvalue weighted by Gasteiger charge is -2.22. The monoisotopic (exact) mass is 194 g/mol. The number of aliphatic hydroxyl groups is 1. The van der Waals surface area contributed by atoms with E-state index in [2.05, 4.69) is 0 Å². The molecule has 0 spiro atoms. The van der Waals surface area contributed by atoms with Crippen molar-refractivity contribution in [2.24, 2.45) is 0 Å². The highest BCUT2D eigenvalue weighted by molar-refractivity contribution is 5.46. The molecule has 0 radical (unpaired) electrons. The van der Waals surface area contributed by atoms with E-state index in [0.29, 0.717) is 5.75 Å². The molecular weight excluding hydrogens is 176 g/mol. The predicted molar refractivity (Wildman–Crippen MR) is 57.5 cm³/mol. The summed E-state index contributed by atoms with van der Waals surface area (Å²) in [5.74, 6) is 0.342. The van der Waals surface area contributed by atoms with Crippen molar-refractivity contribution in [3.05, 3.63) is 28.8 Å². The van der Waals surface area contributed by atoms with E-state index in [1.807, 2.05) is 39.8 Å². The van der Waals surface area contributed by atoms with Gasteiger partial charge in [-0.25, -0.2) is 0 Å². The Balaban J connectivity index is 3.35. The quantitative estimate of drug-likeness (QED) is 0.721. The van der Waals surface area contributed by atoms with Crippen molar-refractivity contribution in [2.45, 2.75) is 39.7 Å². The Morgan fingerprint density at radius 2 is 1.79 bits per heavy atom. The zero-order valence-corrected chi connectivity index (χ0v) is 9.26. The maximum atomic E-state index is 9.87. The van der Waals surface area contributed by atoms with E-state index in [-0.39, 0.29) is 12.0 Å². The molecule has 2 nitrogen and oxygen atoms in total. The van der Waals surface area contributed by atoms with Gasteiger partial charge in [0.25, 0.3) is 0 Å². The molecule has 2 heteroatoms. The molecule has 0 aliphatic heterocycles. The third kappa shape index (κ3) is 2.07. The molecular formula is C12H18O2. The van der Waals surface area contributed by atoms with Crippen LogP contribution in [0.4, 0.5) is 0 Å². The van der Waals surface area contributed by atoms with Crippen molar-refractivity contribution in [2.75, 3.05) is 0 Å². The first kappa shape index (κ1) is 11.1. The number of hydrogen-bond donors (Lipinski definition) is 2. The molecule has 14 heavy (non-hydrogen) atoms. The summed E-state index contributed by atoms with van der Waals surface area (Å²) in [7, 11) is 0. The van der Waals surface area contributed by atoms with Gasteiger partial charge in [0.15, 0.2) is 0 Å². The highest BCUT2D eigenvalue weighted by atomic mass is 16.3. The largest absolute Gasteiger partial charge is 0.507 e. The van der Waals surface area contributed by atoms with Crippen LogP contribution in [-0.2, 0) is 12.0 Å². The lowest BCUT2D eigenvalue weighted by Crippen LogP contribution is -2.12. The summed E-state index contributed by atoms with van der Waals surface area (Å²) in [4.78, 5) is 0. The molecule has 0 aliphatic rings. The van der Waals surface area contributed by atoms with Crippen molar-refractivity contribution in [3.8, 4) is 5.75 Å². The van der Waals surface area contributed by atoms with Gasteiger partial charge in [0.05, 0.1) is 6.61 Å². The topological polar surface area (TPSA) is 40.5 Å². The molecule has 0 heterocycles. The molecule has 1 aromatic carbocycles. The first-order valence-electron chi connectivity index (χ1n) is 4.80. The number of aromatic hydroxyl groups is 1. The standard InChI is InChI=1S/C12H18O2/c1-8-5-9(7-13)6-10(11(8)14)12(2,3)4/h5-6,13-14H,7H2,1-4H3. The summed E-state index contributed by atoms with van der Waals surface area (Å²) in [5.41, 5.74) is 2.47. The molecule has 0 aromatic heterocycles. The Hall–Kier alpha value is -1.02. The fraction of sp³-hybridized carbons (Fsp3) is 0.500. The van der Waals surface area contributed by atoms with E-state index in [1.165, 1.54) is 0 Å². The van der Waals surface area contributed by atoms with E-state index < -0.39 is 0 Å². The maximum absolute atomic E-state index is 9.87. The highest BCUT2D eigenvalue weighted by Gasteiger charge is 2.19. The number of benzene rings is 1. The van der Waals surface area contributed by atoms with E-state index >= 15 is 0 Å². The number of phenols is 1. The minimum Gasteiger partial charge on any atom is -0.507 e. The summed E-state index contributed by atoms with van der Waals surface area (Å²) in [5, 5.41) is 18.9. The van der Waals surface area contributed by atoms with Gasteiger partial charge in [0.1, 0.15) is 5.75 Å². The van der Waals surface area contributed by atoms with Crippen molar-refractivity contribution in [1.29, 1.82) is 0 Å². The molecule has 0 bridgehead atoms. The van der Waals surface area contributed by atoms with Crippen molar-refractivity contribution in [3.63, 3.8) is 0 Å². The number of aliphatic hydroxyl groups excluding tert-OH is 1. The third-order valence-electron chi connectivity index (χ3n) is 2.35. The molecule has 2 N–H and O–H groups in total. The van der Waals surface area contributed by atoms with Gasteiger partial charge in [-0.2, -0.15) is 0 Å². The second kappa shape index (κ2) is 3.62. The molecule has 0 saturated carbocycles. The summed E-state index contributed by atoms with van der Waals surface area (Å²) in [6.07, 6.45) is 0. The van der Waals surface area contributed by atoms with Crippen LogP contribution in [0.15, 0.2) is 12.1 Å². The normalized spacial score (nSPS) is 11.8. The van der Waals surface area contributed by atoms with E-state index in [9.17, 15) is 5.11 Å². The molecule has 0 amide bonds. The zero-order valence-electron chi connectivity index (χ0n) is 9.26. The van der Waals surface area contributed by atoms with Crippen LogP contribution in [0.25, 0.3) is 0 Å². The van der Waals surface area contributed by atoms with Gasteiger partial charge < -0.3 is 10.2 Å². The maximum Gasteiger partial charge on any atom is 0.122 e. The number of hydrogen-bond acceptors (Lipinski definition) is 2. The molecule has 78 valence electrons. The van der Waals surface area contributed by atoms with Crippen LogP contribution in [0.5, 0.6) is 5.75 Å². The molecule has 0 fully saturated rings. The Morgan fingerprint density at radius 1 is 1.21 bits per heavy atom. The lowest BCUT2D eigenvalue weighted by molar-refractivity contribution is 0.281. The molecule has 0 saturated heterocycles. The number of rotatable bonds is 1. The van der Waals surface area contributed by atoms with Gasteiger partial charge in [-0.1, -0.05) is 26.8 Å². The van der Waals surface area contributed by atoms with Crippen molar-refractivity contribution in [1.82, 2.24) is 0 Å². The van der Waals surface area contributed by atoms with Gasteiger partial charge >= 0.3 is 0 Å². The SMILES string of the molecule is Cc1cc(CO)cc(C(C)(C)C)c1O. The Morgan fingerprint density at radius 3 is 2.21 bits per heavy atom. The van der Waals surface area contributed by atoms with Gasteiger partial charge in [-0.15, -0.1) is 0 Å². The molecule has 1 aromatic rings. The Bertz CT molecular complexity index is 335. The molecule has 0 atom stereocenters. The summed E-state index contributed by atoms with van der Waals surface area (Å²) in [6, 6.07) is 3.67. The third-order valence-corrected chi connectivity index (χ3v) is 2.35. The van der Waals surface area contributed by atoms with Gasteiger partial charge in [0.2, 0.25) is 0 Å². The van der Waals surface area contributed by atoms with Crippen molar-refractivity contribution >= 4 is 0 Å². The van der Waals surface area contributed by atoms with Crippen LogP contribution in [0.2, 0.25) is 0 Å². The van der Waals surface area contributed by atoms with E-state index in [4.69, 9.17) is 5.11 Å². The van der Waals surface area contributed by atoms with Gasteiger partial charge in [-0.3, -0.25) is 0 Å². The lowest BCUT2D eigenvalue weighted by atomic mass is 9.84. The predicted octanol–water partition coefficient (Wildman–Crippen LogP) is 2.49. The van der Waals surface area contributed by atoms with Crippen molar-refractivity contribution < 1.29 is 10.2 Å². The minimum absolute atomic E-state index is 0.0181. The number of phenolic OH excluding ortho intramolecular Hbond substituents is 1. The highest BCUT2D eigenvalue weighted by Crippen LogP contribution is 2.33. The first-order chi connectivity index (χ1) is 6.36. The van der Waals surface area contributed by atoms with Gasteiger partial charge in [-0.05, 0) is 35.1 Å². The Kier molecular flexibility index (Phi) is 2.86. The average Bonchev–Trinajstić information content (AvgIpc) is 2.07. The summed E-state index contributed by atoms with van der Waals surface area (Å²) < 4.78 is 0. The van der Waals surface area contributed by atoms with Crippen LogP contribution in [0, 0.1) is 6.92 Å². The Labute approximate surface area is 85.2 Å². The fourth-order valence-corrected chi connectivity index (χ4v) is 1.52. The summed E-state index contributed by atoms with van der Waals surface area (Å²) in [6.45, 7) is 8.00. The van der Waals surface area contributed by atoms with E-state index in [1.54, 1.807) is 0 Å². The molecule has 0 aliphatic carbocycles. The average molecular weight is 194 g/mol. The molecule has 1 rings (SSSR count). The minimum atomic E-state index is -0.0972. The van der Waals surface area contributed by atoms with Crippen LogP contribution < -0.4 is 0 Å². The first-order valence-corrected chi connectivity index (χ1v) is 4.80. The smallest absolute Gasteiger partial charge is 0.122 e. The molecule has 0 unspecified atom stereocenters. The zero-order chi connectivity index (χ0) is 10.9. The van der Waals surface area contributed by atoms with Crippen LogP contribution >= 0.6 is 0 Å². The van der Waals surface area contributed by atoms with Crippen LogP contribution in [0.3, 0.4) is 0 Å². The van der Waals surface area contributed by atoms with Crippen LogP contribution in [0.1, 0.15) is 37.5 Å². The second-order valence-electron chi connectivity index (χ2n) is 4.72. The number of aryl methyl sites for hydroxylation is 1. The second-order valence-corrected chi connectivity index (χ2v) is 4.72. The van der Waals surface area contributed by atoms with Gasteiger partial charge in [0, 0.05) is 0 Å². The fourth-order valence-electron chi connectivity index (χ4n) is 1.52. The van der Waals surface area contributed by atoms with Crippen LogP contribution in [-0.4, -0.2) is 10.2 Å². The summed E-state index contributed by atoms with van der Waals surface area (Å²) >= 11 is 0. The van der Waals surface area contributed by atoms with E-state index in [0.717, 1.165) is 16.7 Å².